The van der Waals surface area contributed by atoms with Gasteiger partial charge in [0, 0.05) is 11.1 Å². The normalized spacial score (nSPS) is 11.0. The van der Waals surface area contributed by atoms with E-state index in [-0.39, 0.29) is 0 Å². The van der Waals surface area contributed by atoms with Gasteiger partial charge in [-0.25, -0.2) is 4.98 Å². The molecule has 0 N–H and O–H groups in total. The largest absolute Gasteiger partial charge is 0.436 e. The Morgan fingerprint density at radius 1 is 0.773 bits per heavy atom. The fraction of sp³-hybridized carbons (Fsp3) is 0.0500. The molecule has 0 aliphatic carbocycles. The maximum Gasteiger partial charge on any atom is 0.226 e. The Morgan fingerprint density at radius 3 is 2.50 bits per heavy atom. The summed E-state index contributed by atoms with van der Waals surface area (Å²) in [6, 6.07) is 22.8. The molecule has 1 heterocycles. The lowest BCUT2D eigenvalue weighted by atomic mass is 10.1. The van der Waals surface area contributed by atoms with E-state index in [9.17, 15) is 0 Å². The summed E-state index contributed by atoms with van der Waals surface area (Å²) in [4.78, 5) is 4.42. The lowest BCUT2D eigenvalue weighted by Gasteiger charge is -2.01. The third kappa shape index (κ3) is 2.29. The van der Waals surface area contributed by atoms with Gasteiger partial charge in [-0.3, -0.25) is 0 Å². The third-order valence-electron chi connectivity index (χ3n) is 3.80. The van der Waals surface area contributed by atoms with Crippen LogP contribution in [0.25, 0.3) is 33.6 Å². The second-order valence-corrected chi connectivity index (χ2v) is 5.46. The van der Waals surface area contributed by atoms with Crippen LogP contribution in [-0.4, -0.2) is 4.98 Å². The zero-order valence-electron chi connectivity index (χ0n) is 12.3. The molecule has 4 aromatic rings. The minimum absolute atomic E-state index is 0.659. The number of hydrogen-bond acceptors (Lipinski definition) is 2. The number of nitrogens with zero attached hydrogens (tertiary/aromatic N) is 1. The van der Waals surface area contributed by atoms with E-state index in [0.29, 0.717) is 5.89 Å². The van der Waals surface area contributed by atoms with Crippen LogP contribution in [0.4, 0.5) is 0 Å². The van der Waals surface area contributed by atoms with Crippen LogP contribution in [0.2, 0.25) is 0 Å². The predicted molar refractivity (Wildman–Crippen MR) is 89.6 cm³/mol. The lowest BCUT2D eigenvalue weighted by Crippen LogP contribution is -1.78. The van der Waals surface area contributed by atoms with E-state index < -0.39 is 0 Å². The summed E-state index contributed by atoms with van der Waals surface area (Å²) in [6.07, 6.45) is 1.79. The van der Waals surface area contributed by atoms with Gasteiger partial charge in [0.1, 0.15) is 0 Å². The Kier molecular flexibility index (Phi) is 3.01. The number of benzene rings is 3. The van der Waals surface area contributed by atoms with Gasteiger partial charge in [0.25, 0.3) is 0 Å². The monoisotopic (exact) mass is 285 g/mol. The van der Waals surface area contributed by atoms with Crippen LogP contribution >= 0.6 is 0 Å². The summed E-state index contributed by atoms with van der Waals surface area (Å²) in [6.45, 7) is 2.07. The molecule has 2 nitrogen and oxygen atoms in total. The van der Waals surface area contributed by atoms with Crippen molar-refractivity contribution in [3.05, 3.63) is 78.5 Å². The van der Waals surface area contributed by atoms with Gasteiger partial charge in [-0.1, -0.05) is 54.1 Å². The lowest BCUT2D eigenvalue weighted by molar-refractivity contribution is 0.589. The molecular weight excluding hydrogens is 270 g/mol. The highest BCUT2D eigenvalue weighted by Gasteiger charge is 2.09. The summed E-state index contributed by atoms with van der Waals surface area (Å²) in [5.74, 6) is 1.45. The summed E-state index contributed by atoms with van der Waals surface area (Å²) in [5, 5.41) is 2.43. The van der Waals surface area contributed by atoms with Crippen molar-refractivity contribution in [2.24, 2.45) is 0 Å². The van der Waals surface area contributed by atoms with Crippen LogP contribution in [0.3, 0.4) is 0 Å². The molecule has 4 rings (SSSR count). The van der Waals surface area contributed by atoms with Crippen molar-refractivity contribution in [1.82, 2.24) is 4.98 Å². The van der Waals surface area contributed by atoms with Gasteiger partial charge in [0.2, 0.25) is 5.89 Å². The smallest absolute Gasteiger partial charge is 0.226 e. The van der Waals surface area contributed by atoms with Gasteiger partial charge in [-0.05, 0) is 35.9 Å². The molecule has 22 heavy (non-hydrogen) atoms. The Balaban J connectivity index is 1.76. The van der Waals surface area contributed by atoms with Gasteiger partial charge < -0.3 is 4.42 Å². The molecule has 0 aliphatic heterocycles. The molecule has 0 fully saturated rings. The highest BCUT2D eigenvalue weighted by molar-refractivity contribution is 5.86. The van der Waals surface area contributed by atoms with Crippen molar-refractivity contribution in [3.63, 3.8) is 0 Å². The van der Waals surface area contributed by atoms with Crippen LogP contribution in [0.15, 0.2) is 77.3 Å². The summed E-state index contributed by atoms with van der Waals surface area (Å²) in [5.41, 5.74) is 3.25. The average Bonchev–Trinajstić information content (AvgIpc) is 3.04. The van der Waals surface area contributed by atoms with Gasteiger partial charge in [-0.15, -0.1) is 0 Å². The number of hydrogen-bond donors (Lipinski definition) is 0. The van der Waals surface area contributed by atoms with Crippen LogP contribution in [0.5, 0.6) is 0 Å². The highest BCUT2D eigenvalue weighted by Crippen LogP contribution is 2.28. The van der Waals surface area contributed by atoms with Crippen LogP contribution in [0.1, 0.15) is 5.56 Å². The van der Waals surface area contributed by atoms with Gasteiger partial charge in [0.15, 0.2) is 5.76 Å². The maximum atomic E-state index is 5.95. The Hall–Kier alpha value is -2.87. The van der Waals surface area contributed by atoms with E-state index in [4.69, 9.17) is 4.42 Å². The van der Waals surface area contributed by atoms with Gasteiger partial charge in [-0.2, -0.15) is 0 Å². The van der Waals surface area contributed by atoms with E-state index in [1.165, 1.54) is 16.3 Å². The first kappa shape index (κ1) is 12.8. The topological polar surface area (TPSA) is 26.0 Å². The average molecular weight is 285 g/mol. The molecule has 1 aromatic heterocycles. The number of aromatic nitrogens is 1. The zero-order valence-corrected chi connectivity index (χ0v) is 12.3. The van der Waals surface area contributed by atoms with Crippen molar-refractivity contribution >= 4 is 10.8 Å². The molecular formula is C20H15NO. The summed E-state index contributed by atoms with van der Waals surface area (Å²) < 4.78 is 5.95. The molecule has 0 aliphatic rings. The predicted octanol–water partition coefficient (Wildman–Crippen LogP) is 5.47. The maximum absolute atomic E-state index is 5.95. The minimum Gasteiger partial charge on any atom is -0.436 e. The van der Waals surface area contributed by atoms with E-state index in [0.717, 1.165) is 16.9 Å². The molecule has 3 aromatic carbocycles. The zero-order chi connectivity index (χ0) is 14.9. The molecule has 2 heteroatoms. The highest BCUT2D eigenvalue weighted by atomic mass is 16.4. The van der Waals surface area contributed by atoms with Crippen molar-refractivity contribution in [1.29, 1.82) is 0 Å². The van der Waals surface area contributed by atoms with Gasteiger partial charge >= 0.3 is 0 Å². The first-order chi connectivity index (χ1) is 10.8. The molecule has 0 bridgehead atoms. The minimum atomic E-state index is 0.659. The van der Waals surface area contributed by atoms with E-state index in [1.807, 2.05) is 24.3 Å². The van der Waals surface area contributed by atoms with Gasteiger partial charge in [0.05, 0.1) is 6.20 Å². The summed E-state index contributed by atoms with van der Waals surface area (Å²) in [7, 11) is 0. The SMILES string of the molecule is Cc1cccc(-c2ncc(-c3ccc4ccccc4c3)o2)c1. The summed E-state index contributed by atoms with van der Waals surface area (Å²) >= 11 is 0. The molecule has 0 saturated heterocycles. The Bertz CT molecular complexity index is 953. The first-order valence-electron chi connectivity index (χ1n) is 7.32. The van der Waals surface area contributed by atoms with Crippen molar-refractivity contribution in [2.75, 3.05) is 0 Å². The molecule has 106 valence electrons. The third-order valence-corrected chi connectivity index (χ3v) is 3.80. The quantitative estimate of drug-likeness (QED) is 0.488. The molecule has 0 radical (unpaired) electrons. The second-order valence-electron chi connectivity index (χ2n) is 5.46. The number of oxazole rings is 1. The van der Waals surface area contributed by atoms with E-state index in [1.54, 1.807) is 6.20 Å². The second kappa shape index (κ2) is 5.15. The van der Waals surface area contributed by atoms with E-state index >= 15 is 0 Å². The Morgan fingerprint density at radius 2 is 1.64 bits per heavy atom. The van der Waals surface area contributed by atoms with Crippen molar-refractivity contribution in [3.8, 4) is 22.8 Å². The molecule has 0 spiro atoms. The molecule has 0 saturated carbocycles. The number of fused-ring (bicyclic) bond motifs is 1. The van der Waals surface area contributed by atoms with Crippen LogP contribution in [0, 0.1) is 6.92 Å². The fourth-order valence-electron chi connectivity index (χ4n) is 2.66. The first-order valence-corrected chi connectivity index (χ1v) is 7.32. The number of rotatable bonds is 2. The van der Waals surface area contributed by atoms with Crippen LogP contribution in [-0.2, 0) is 0 Å². The van der Waals surface area contributed by atoms with E-state index in [2.05, 4.69) is 54.4 Å². The standard InChI is InChI=1S/C20H15NO/c1-14-5-4-8-18(11-14)20-21-13-19(22-20)17-10-9-15-6-2-3-7-16(15)12-17/h2-13H,1H3. The molecule has 0 atom stereocenters. The molecule has 0 amide bonds. The van der Waals surface area contributed by atoms with Crippen molar-refractivity contribution in [2.45, 2.75) is 6.92 Å². The number of aryl methyl sites for hydroxylation is 1. The molecule has 0 unspecified atom stereocenters. The Labute approximate surface area is 129 Å². The van der Waals surface area contributed by atoms with Crippen LogP contribution < -0.4 is 0 Å². The van der Waals surface area contributed by atoms with Crippen molar-refractivity contribution < 1.29 is 4.42 Å². The fourth-order valence-corrected chi connectivity index (χ4v) is 2.66.